The number of amides is 2. The number of hydrogen-bond acceptors (Lipinski definition) is 3. The molecule has 0 saturated carbocycles. The molecule has 1 aliphatic heterocycles. The van der Waals surface area contributed by atoms with Crippen molar-refractivity contribution >= 4 is 17.4 Å². The Morgan fingerprint density at radius 2 is 2.18 bits per heavy atom. The topological polar surface area (TPSA) is 50.4 Å². The number of hydrogen-bond donors (Lipinski definition) is 2. The summed E-state index contributed by atoms with van der Waals surface area (Å²) in [6.07, 6.45) is 2.71. The Morgan fingerprint density at radius 1 is 1.27 bits per heavy atom. The summed E-state index contributed by atoms with van der Waals surface area (Å²) in [5.74, 6) is 0.879. The average molecular weight is 316 g/mol. The highest BCUT2D eigenvalue weighted by Crippen LogP contribution is 2.30. The van der Waals surface area contributed by atoms with Gasteiger partial charge in [0.05, 0.1) is 12.6 Å². The molecule has 3 rings (SSSR count). The number of rotatable bonds is 4. The fraction of sp³-hybridized carbons (Fsp3) is 0.353. The molecular weight excluding hydrogens is 296 g/mol. The largest absolute Gasteiger partial charge is 0.493 e. The molecule has 2 N–H and O–H groups in total. The molecule has 0 radical (unpaired) electrons. The highest BCUT2D eigenvalue weighted by Gasteiger charge is 2.20. The van der Waals surface area contributed by atoms with Crippen LogP contribution in [0.4, 0.5) is 4.79 Å². The molecule has 22 heavy (non-hydrogen) atoms. The van der Waals surface area contributed by atoms with Crippen LogP contribution in [0.15, 0.2) is 41.8 Å². The summed E-state index contributed by atoms with van der Waals surface area (Å²) in [5, 5.41) is 8.06. The van der Waals surface area contributed by atoms with Crippen LogP contribution < -0.4 is 15.4 Å². The van der Waals surface area contributed by atoms with Gasteiger partial charge >= 0.3 is 6.03 Å². The van der Waals surface area contributed by atoms with E-state index in [1.54, 1.807) is 11.3 Å². The maximum atomic E-state index is 12.1. The Kier molecular flexibility index (Phi) is 4.96. The van der Waals surface area contributed by atoms with Crippen molar-refractivity contribution < 1.29 is 9.53 Å². The monoisotopic (exact) mass is 316 g/mol. The van der Waals surface area contributed by atoms with Gasteiger partial charge < -0.3 is 15.4 Å². The van der Waals surface area contributed by atoms with Crippen molar-refractivity contribution in [1.82, 2.24) is 10.6 Å². The summed E-state index contributed by atoms with van der Waals surface area (Å²) < 4.78 is 5.72. The lowest BCUT2D eigenvalue weighted by Gasteiger charge is -2.18. The van der Waals surface area contributed by atoms with Crippen LogP contribution in [-0.4, -0.2) is 19.2 Å². The smallest absolute Gasteiger partial charge is 0.315 e. The first kappa shape index (κ1) is 14.9. The fourth-order valence-electron chi connectivity index (χ4n) is 2.64. The molecule has 1 aliphatic rings. The first-order chi connectivity index (χ1) is 10.8. The molecule has 1 unspecified atom stereocenters. The minimum atomic E-state index is -0.113. The van der Waals surface area contributed by atoms with E-state index in [4.69, 9.17) is 4.74 Å². The Bertz CT molecular complexity index is 613. The summed E-state index contributed by atoms with van der Waals surface area (Å²) in [4.78, 5) is 13.4. The number of ether oxygens (including phenoxy) is 1. The molecule has 1 atom stereocenters. The molecule has 0 spiro atoms. The van der Waals surface area contributed by atoms with Crippen LogP contribution >= 0.6 is 11.3 Å². The summed E-state index contributed by atoms with van der Waals surface area (Å²) >= 11 is 1.72. The third-order valence-corrected chi connectivity index (χ3v) is 4.67. The van der Waals surface area contributed by atoms with Gasteiger partial charge in [0.25, 0.3) is 0 Å². The molecule has 1 aromatic heterocycles. The Hall–Kier alpha value is -2.01. The molecule has 5 heteroatoms. The van der Waals surface area contributed by atoms with Crippen LogP contribution in [0.25, 0.3) is 0 Å². The Balaban J connectivity index is 1.54. The highest BCUT2D eigenvalue weighted by molar-refractivity contribution is 7.09. The number of urea groups is 1. The van der Waals surface area contributed by atoms with Crippen LogP contribution in [0.5, 0.6) is 5.75 Å². The first-order valence-corrected chi connectivity index (χ1v) is 8.49. The average Bonchev–Trinajstić information content (AvgIpc) is 2.96. The van der Waals surface area contributed by atoms with Gasteiger partial charge in [-0.2, -0.15) is 0 Å². The predicted molar refractivity (Wildman–Crippen MR) is 88.5 cm³/mol. The third-order valence-electron chi connectivity index (χ3n) is 3.73. The molecule has 4 nitrogen and oxygen atoms in total. The number of benzene rings is 1. The SMILES string of the molecule is O=C(NCCc1cccs1)NC1CCCOc2ccccc21. The van der Waals surface area contributed by atoms with E-state index in [9.17, 15) is 4.79 Å². The number of fused-ring (bicyclic) bond motifs is 1. The van der Waals surface area contributed by atoms with Crippen LogP contribution in [0.1, 0.15) is 29.3 Å². The van der Waals surface area contributed by atoms with Gasteiger partial charge in [-0.3, -0.25) is 0 Å². The normalized spacial score (nSPS) is 17.0. The number of carbonyl (C=O) groups excluding carboxylic acids is 1. The lowest BCUT2D eigenvalue weighted by Crippen LogP contribution is -2.38. The van der Waals surface area contributed by atoms with Gasteiger partial charge in [-0.05, 0) is 36.8 Å². The molecule has 0 fully saturated rings. The van der Waals surface area contributed by atoms with E-state index in [1.165, 1.54) is 4.88 Å². The number of nitrogens with one attached hydrogen (secondary N) is 2. The van der Waals surface area contributed by atoms with E-state index in [0.717, 1.165) is 30.6 Å². The molecular formula is C17H20N2O2S. The minimum Gasteiger partial charge on any atom is -0.493 e. The maximum Gasteiger partial charge on any atom is 0.315 e. The van der Waals surface area contributed by atoms with Crippen LogP contribution in [0.2, 0.25) is 0 Å². The Morgan fingerprint density at radius 3 is 3.05 bits per heavy atom. The number of para-hydroxylation sites is 1. The van der Waals surface area contributed by atoms with E-state index in [0.29, 0.717) is 13.2 Å². The van der Waals surface area contributed by atoms with Gasteiger partial charge in [0.15, 0.2) is 0 Å². The predicted octanol–water partition coefficient (Wildman–Crippen LogP) is 3.50. The molecule has 0 saturated heterocycles. The van der Waals surface area contributed by atoms with Crippen molar-refractivity contribution in [2.24, 2.45) is 0 Å². The second kappa shape index (κ2) is 7.31. The van der Waals surface area contributed by atoms with Gasteiger partial charge in [-0.25, -0.2) is 4.79 Å². The summed E-state index contributed by atoms with van der Waals surface area (Å²) in [7, 11) is 0. The van der Waals surface area contributed by atoms with Crippen molar-refractivity contribution in [2.45, 2.75) is 25.3 Å². The van der Waals surface area contributed by atoms with Crippen molar-refractivity contribution in [3.05, 3.63) is 52.2 Å². The lowest BCUT2D eigenvalue weighted by atomic mass is 10.0. The van der Waals surface area contributed by atoms with Crippen molar-refractivity contribution in [1.29, 1.82) is 0 Å². The van der Waals surface area contributed by atoms with Crippen molar-refractivity contribution in [3.63, 3.8) is 0 Å². The fourth-order valence-corrected chi connectivity index (χ4v) is 3.35. The van der Waals surface area contributed by atoms with Crippen LogP contribution in [0, 0.1) is 0 Å². The molecule has 2 aromatic rings. The Labute approximate surface area is 134 Å². The standard InChI is InChI=1S/C17H20N2O2S/c20-17(18-10-9-13-5-4-12-22-13)19-15-7-3-11-21-16-8-2-1-6-14(15)16/h1-2,4-6,8,12,15H,3,7,9-11H2,(H2,18,19,20). The van der Waals surface area contributed by atoms with Crippen molar-refractivity contribution in [3.8, 4) is 5.75 Å². The number of thiophene rings is 1. The highest BCUT2D eigenvalue weighted by atomic mass is 32.1. The van der Waals surface area contributed by atoms with Crippen LogP contribution in [0.3, 0.4) is 0 Å². The van der Waals surface area contributed by atoms with Crippen molar-refractivity contribution in [2.75, 3.05) is 13.2 Å². The first-order valence-electron chi connectivity index (χ1n) is 7.61. The van der Waals surface area contributed by atoms with E-state index in [2.05, 4.69) is 22.1 Å². The summed E-state index contributed by atoms with van der Waals surface area (Å²) in [5.41, 5.74) is 1.06. The van der Waals surface area contributed by atoms with E-state index < -0.39 is 0 Å². The van der Waals surface area contributed by atoms with Gasteiger partial charge in [0, 0.05) is 17.0 Å². The van der Waals surface area contributed by atoms with Gasteiger partial charge in [0.2, 0.25) is 0 Å². The summed E-state index contributed by atoms with van der Waals surface area (Å²) in [6.45, 7) is 1.35. The lowest BCUT2D eigenvalue weighted by molar-refractivity contribution is 0.236. The molecule has 0 aliphatic carbocycles. The van der Waals surface area contributed by atoms with E-state index in [1.807, 2.05) is 30.3 Å². The zero-order valence-corrected chi connectivity index (χ0v) is 13.2. The maximum absolute atomic E-state index is 12.1. The molecule has 1 aromatic carbocycles. The minimum absolute atomic E-state index is 0.0143. The van der Waals surface area contributed by atoms with E-state index in [-0.39, 0.29) is 12.1 Å². The van der Waals surface area contributed by atoms with Gasteiger partial charge in [-0.15, -0.1) is 11.3 Å². The second-order valence-electron chi connectivity index (χ2n) is 5.31. The molecule has 116 valence electrons. The third kappa shape index (κ3) is 3.80. The number of carbonyl (C=O) groups is 1. The van der Waals surface area contributed by atoms with Gasteiger partial charge in [-0.1, -0.05) is 24.3 Å². The molecule has 0 bridgehead atoms. The molecule has 2 amide bonds. The zero-order chi connectivity index (χ0) is 15.2. The zero-order valence-electron chi connectivity index (χ0n) is 12.4. The molecule has 2 heterocycles. The summed E-state index contributed by atoms with van der Waals surface area (Å²) in [6, 6.07) is 11.9. The quantitative estimate of drug-likeness (QED) is 0.907. The second-order valence-corrected chi connectivity index (χ2v) is 6.34. The van der Waals surface area contributed by atoms with Gasteiger partial charge in [0.1, 0.15) is 5.75 Å². The van der Waals surface area contributed by atoms with Crippen LogP contribution in [-0.2, 0) is 6.42 Å². The van der Waals surface area contributed by atoms with E-state index >= 15 is 0 Å².